The molecule has 0 saturated carbocycles. The maximum atomic E-state index is 11.8. The molecule has 3 N–H and O–H groups in total. The van der Waals surface area contributed by atoms with Crippen LogP contribution in [-0.4, -0.2) is 35.9 Å². The van der Waals surface area contributed by atoms with Gasteiger partial charge in [-0.25, -0.2) is 0 Å². The molecule has 0 aliphatic carbocycles. The zero-order valence-electron chi connectivity index (χ0n) is 9.93. The number of methoxy groups -OCH3 is 1. The number of aliphatic hydroxyl groups excluding tert-OH is 1. The molecule has 0 saturated heterocycles. The zero-order chi connectivity index (χ0) is 12.8. The highest BCUT2D eigenvalue weighted by Gasteiger charge is 2.13. The number of phenols is 1. The van der Waals surface area contributed by atoms with E-state index >= 15 is 0 Å². The van der Waals surface area contributed by atoms with E-state index in [1.807, 2.05) is 6.92 Å². The van der Waals surface area contributed by atoms with Gasteiger partial charge in [0.05, 0.1) is 19.8 Å². The molecule has 5 nitrogen and oxygen atoms in total. The van der Waals surface area contributed by atoms with Gasteiger partial charge in [0.2, 0.25) is 0 Å². The summed E-state index contributed by atoms with van der Waals surface area (Å²) in [6.07, 6.45) is 0.643. The molecule has 1 rings (SSSR count). The Morgan fingerprint density at radius 2 is 2.24 bits per heavy atom. The molecule has 0 spiro atoms. The number of benzene rings is 1. The van der Waals surface area contributed by atoms with E-state index in [0.717, 1.165) is 0 Å². The van der Waals surface area contributed by atoms with Gasteiger partial charge in [-0.15, -0.1) is 0 Å². The third-order valence-electron chi connectivity index (χ3n) is 2.49. The average Bonchev–Trinajstić information content (AvgIpc) is 2.35. The van der Waals surface area contributed by atoms with Gasteiger partial charge in [-0.05, 0) is 24.6 Å². The van der Waals surface area contributed by atoms with Gasteiger partial charge in [0.15, 0.2) is 11.5 Å². The number of amides is 1. The third-order valence-corrected chi connectivity index (χ3v) is 2.49. The predicted octanol–water partition coefficient (Wildman–Crippen LogP) is 0.902. The van der Waals surface area contributed by atoms with Crippen molar-refractivity contribution >= 4 is 5.91 Å². The van der Waals surface area contributed by atoms with Crippen molar-refractivity contribution in [1.82, 2.24) is 5.32 Å². The largest absolute Gasteiger partial charge is 0.504 e. The van der Waals surface area contributed by atoms with Gasteiger partial charge in [0, 0.05) is 5.56 Å². The molecular formula is C12H17NO4. The molecule has 0 fully saturated rings. The normalized spacial score (nSPS) is 11.9. The number of hydrogen-bond acceptors (Lipinski definition) is 4. The molecule has 1 aromatic carbocycles. The zero-order valence-corrected chi connectivity index (χ0v) is 9.93. The number of nitrogens with one attached hydrogen (secondary N) is 1. The summed E-state index contributed by atoms with van der Waals surface area (Å²) in [7, 11) is 1.44. The highest BCUT2D eigenvalue weighted by atomic mass is 16.5. The molecule has 0 aliphatic heterocycles. The first-order valence-corrected chi connectivity index (χ1v) is 5.41. The molecule has 0 unspecified atom stereocenters. The molecule has 94 valence electrons. The lowest BCUT2D eigenvalue weighted by molar-refractivity contribution is 0.0914. The lowest BCUT2D eigenvalue weighted by Gasteiger charge is -2.14. The fourth-order valence-electron chi connectivity index (χ4n) is 1.38. The van der Waals surface area contributed by atoms with E-state index in [0.29, 0.717) is 17.7 Å². The maximum absolute atomic E-state index is 11.8. The first-order valence-electron chi connectivity index (χ1n) is 5.41. The Morgan fingerprint density at radius 1 is 1.53 bits per heavy atom. The molecule has 0 aromatic heterocycles. The molecule has 0 heterocycles. The number of aromatic hydroxyl groups is 1. The van der Waals surface area contributed by atoms with Crippen molar-refractivity contribution in [3.05, 3.63) is 23.8 Å². The van der Waals surface area contributed by atoms with Crippen molar-refractivity contribution in [3.8, 4) is 11.5 Å². The highest BCUT2D eigenvalue weighted by molar-refractivity contribution is 5.95. The predicted molar refractivity (Wildman–Crippen MR) is 63.3 cm³/mol. The SMILES string of the molecule is CC[C@H](CO)NC(=O)c1ccc(OC)c(O)c1. The summed E-state index contributed by atoms with van der Waals surface area (Å²) >= 11 is 0. The van der Waals surface area contributed by atoms with Crippen LogP contribution in [0.1, 0.15) is 23.7 Å². The van der Waals surface area contributed by atoms with E-state index in [1.165, 1.54) is 19.2 Å². The minimum absolute atomic E-state index is 0.0859. The molecule has 0 bridgehead atoms. The van der Waals surface area contributed by atoms with Crippen molar-refractivity contribution in [2.75, 3.05) is 13.7 Å². The van der Waals surface area contributed by atoms with E-state index in [9.17, 15) is 9.90 Å². The van der Waals surface area contributed by atoms with Crippen LogP contribution in [0.15, 0.2) is 18.2 Å². The molecule has 1 atom stereocenters. The molecule has 0 aliphatic rings. The topological polar surface area (TPSA) is 78.8 Å². The van der Waals surface area contributed by atoms with Gasteiger partial charge < -0.3 is 20.3 Å². The van der Waals surface area contributed by atoms with Crippen LogP contribution in [0.5, 0.6) is 11.5 Å². The van der Waals surface area contributed by atoms with Crippen LogP contribution < -0.4 is 10.1 Å². The fourth-order valence-corrected chi connectivity index (χ4v) is 1.38. The van der Waals surface area contributed by atoms with Gasteiger partial charge >= 0.3 is 0 Å². The monoisotopic (exact) mass is 239 g/mol. The summed E-state index contributed by atoms with van der Waals surface area (Å²) in [6, 6.07) is 4.13. The molecule has 0 radical (unpaired) electrons. The highest BCUT2D eigenvalue weighted by Crippen LogP contribution is 2.26. The summed E-state index contributed by atoms with van der Waals surface area (Å²) < 4.78 is 4.88. The molecule has 5 heteroatoms. The van der Waals surface area contributed by atoms with Gasteiger partial charge in [0.1, 0.15) is 0 Å². The number of carbonyl (C=O) groups excluding carboxylic acids is 1. The minimum atomic E-state index is -0.330. The Labute approximate surface area is 100 Å². The Hall–Kier alpha value is -1.75. The fraction of sp³-hybridized carbons (Fsp3) is 0.417. The molecule has 1 aromatic rings. The number of phenolic OH excluding ortho intramolecular Hbond substituents is 1. The summed E-state index contributed by atoms with van der Waals surface area (Å²) in [5.41, 5.74) is 0.329. The van der Waals surface area contributed by atoms with Crippen LogP contribution >= 0.6 is 0 Å². The molecule has 1 amide bonds. The molecular weight excluding hydrogens is 222 g/mol. The smallest absolute Gasteiger partial charge is 0.251 e. The van der Waals surface area contributed by atoms with Gasteiger partial charge in [0.25, 0.3) is 5.91 Å². The van der Waals surface area contributed by atoms with E-state index < -0.39 is 0 Å². The summed E-state index contributed by atoms with van der Waals surface area (Å²) in [5.74, 6) is -0.100. The Morgan fingerprint density at radius 3 is 2.71 bits per heavy atom. The third kappa shape index (κ3) is 3.35. The second-order valence-electron chi connectivity index (χ2n) is 3.65. The number of aliphatic hydroxyl groups is 1. The van der Waals surface area contributed by atoms with E-state index in [2.05, 4.69) is 5.32 Å². The Kier molecular flexibility index (Phi) is 4.78. The first kappa shape index (κ1) is 13.3. The number of ether oxygens (including phenoxy) is 1. The Bertz CT molecular complexity index is 388. The lowest BCUT2D eigenvalue weighted by Crippen LogP contribution is -2.36. The van der Waals surface area contributed by atoms with Crippen molar-refractivity contribution in [2.45, 2.75) is 19.4 Å². The van der Waals surface area contributed by atoms with Crippen LogP contribution in [-0.2, 0) is 0 Å². The maximum Gasteiger partial charge on any atom is 0.251 e. The average molecular weight is 239 g/mol. The molecule has 17 heavy (non-hydrogen) atoms. The van der Waals surface area contributed by atoms with Crippen molar-refractivity contribution in [3.63, 3.8) is 0 Å². The standard InChI is InChI=1S/C12H17NO4/c1-3-9(7-14)13-12(16)8-4-5-11(17-2)10(15)6-8/h4-6,9,14-15H,3,7H2,1-2H3,(H,13,16)/t9-/m1/s1. The summed E-state index contributed by atoms with van der Waals surface area (Å²) in [6.45, 7) is 1.76. The van der Waals surface area contributed by atoms with Crippen molar-refractivity contribution < 1.29 is 19.7 Å². The van der Waals surface area contributed by atoms with Gasteiger partial charge in [-0.1, -0.05) is 6.92 Å². The summed E-state index contributed by atoms with van der Waals surface area (Å²) in [4.78, 5) is 11.8. The first-order chi connectivity index (χ1) is 8.12. The quantitative estimate of drug-likeness (QED) is 0.713. The van der Waals surface area contributed by atoms with Crippen LogP contribution in [0.2, 0.25) is 0 Å². The van der Waals surface area contributed by atoms with Crippen LogP contribution in [0, 0.1) is 0 Å². The number of rotatable bonds is 5. The van der Waals surface area contributed by atoms with E-state index in [-0.39, 0.29) is 24.3 Å². The van der Waals surface area contributed by atoms with Crippen molar-refractivity contribution in [1.29, 1.82) is 0 Å². The van der Waals surface area contributed by atoms with Gasteiger partial charge in [-0.2, -0.15) is 0 Å². The van der Waals surface area contributed by atoms with Crippen LogP contribution in [0.25, 0.3) is 0 Å². The lowest BCUT2D eigenvalue weighted by atomic mass is 10.1. The minimum Gasteiger partial charge on any atom is -0.504 e. The van der Waals surface area contributed by atoms with Crippen LogP contribution in [0.4, 0.5) is 0 Å². The van der Waals surface area contributed by atoms with Crippen molar-refractivity contribution in [2.24, 2.45) is 0 Å². The second-order valence-corrected chi connectivity index (χ2v) is 3.65. The summed E-state index contributed by atoms with van der Waals surface area (Å²) in [5, 5.41) is 21.2. The van der Waals surface area contributed by atoms with E-state index in [1.54, 1.807) is 6.07 Å². The van der Waals surface area contributed by atoms with E-state index in [4.69, 9.17) is 9.84 Å². The van der Waals surface area contributed by atoms with Crippen LogP contribution in [0.3, 0.4) is 0 Å². The number of carbonyl (C=O) groups is 1. The second kappa shape index (κ2) is 6.10. The number of hydrogen-bond donors (Lipinski definition) is 3. The van der Waals surface area contributed by atoms with Gasteiger partial charge in [-0.3, -0.25) is 4.79 Å². The Balaban J connectivity index is 2.79.